The lowest BCUT2D eigenvalue weighted by Gasteiger charge is -2.14. The predicted octanol–water partition coefficient (Wildman–Crippen LogP) is 3.57. The fraction of sp³-hybridized carbons (Fsp3) is 0.333. The summed E-state index contributed by atoms with van der Waals surface area (Å²) in [6, 6.07) is 2.08. The summed E-state index contributed by atoms with van der Waals surface area (Å²) < 4.78 is 38.2. The van der Waals surface area contributed by atoms with Crippen molar-refractivity contribution in [3.8, 4) is 5.75 Å². The largest absolute Gasteiger partial charge is 0.497 e. The molecule has 1 N–H and O–H groups in total. The van der Waals surface area contributed by atoms with E-state index in [1.807, 2.05) is 0 Å². The molecule has 0 aliphatic heterocycles. The highest BCUT2D eigenvalue weighted by Crippen LogP contribution is 2.35. The lowest BCUT2D eigenvalue weighted by molar-refractivity contribution is 0.206. The molecule has 0 fully saturated rings. The second kappa shape index (κ2) is 5.25. The van der Waals surface area contributed by atoms with Crippen LogP contribution in [0.3, 0.4) is 0 Å². The van der Waals surface area contributed by atoms with Gasteiger partial charge in [0.2, 0.25) is 0 Å². The highest BCUT2D eigenvalue weighted by Gasteiger charge is 2.26. The third-order valence-electron chi connectivity index (χ3n) is 3.45. The third-order valence-corrected chi connectivity index (χ3v) is 3.45. The molecule has 1 aromatic heterocycles. The van der Waals surface area contributed by atoms with E-state index in [1.165, 1.54) is 7.11 Å². The lowest BCUT2D eigenvalue weighted by Crippen LogP contribution is -2.08. The molecule has 0 bridgehead atoms. The SMILES string of the molecule is COc1cc(F)c(C(O)c2c(C)oc(C)c2C)c(F)c1. The molecule has 1 aromatic carbocycles. The standard InChI is InChI=1S/C15H16F2O3/c1-7-8(2)20-9(3)13(7)15(18)14-11(16)5-10(19-4)6-12(14)17/h5-6,15,18H,1-4H3. The number of aliphatic hydroxyl groups excluding tert-OH is 1. The van der Waals surface area contributed by atoms with E-state index >= 15 is 0 Å². The molecule has 108 valence electrons. The Labute approximate surface area is 115 Å². The molecule has 1 heterocycles. The fourth-order valence-electron chi connectivity index (χ4n) is 2.30. The van der Waals surface area contributed by atoms with Crippen LogP contribution in [0.25, 0.3) is 0 Å². The molecule has 0 amide bonds. The van der Waals surface area contributed by atoms with E-state index in [4.69, 9.17) is 9.15 Å². The highest BCUT2D eigenvalue weighted by atomic mass is 19.1. The smallest absolute Gasteiger partial charge is 0.135 e. The average Bonchev–Trinajstić information content (AvgIpc) is 2.62. The van der Waals surface area contributed by atoms with Gasteiger partial charge in [0.15, 0.2) is 0 Å². The highest BCUT2D eigenvalue weighted by molar-refractivity contribution is 5.42. The number of aryl methyl sites for hydroxylation is 2. The summed E-state index contributed by atoms with van der Waals surface area (Å²) in [6.07, 6.45) is -1.42. The Morgan fingerprint density at radius 2 is 1.60 bits per heavy atom. The van der Waals surface area contributed by atoms with Crippen LogP contribution in [0.5, 0.6) is 5.75 Å². The molecule has 2 aromatic rings. The second-order valence-corrected chi connectivity index (χ2v) is 4.66. The molecular weight excluding hydrogens is 266 g/mol. The first-order chi connectivity index (χ1) is 9.36. The number of ether oxygens (including phenoxy) is 1. The molecule has 0 saturated heterocycles. The Bertz CT molecular complexity index is 624. The van der Waals surface area contributed by atoms with Crippen LogP contribution >= 0.6 is 0 Å². The minimum absolute atomic E-state index is 0.0627. The second-order valence-electron chi connectivity index (χ2n) is 4.66. The Hall–Kier alpha value is -1.88. The van der Waals surface area contributed by atoms with Crippen LogP contribution in [0, 0.1) is 32.4 Å². The number of furan rings is 1. The van der Waals surface area contributed by atoms with Crippen LogP contribution in [-0.2, 0) is 0 Å². The van der Waals surface area contributed by atoms with Gasteiger partial charge in [-0.1, -0.05) is 0 Å². The summed E-state index contributed by atoms with van der Waals surface area (Å²) in [7, 11) is 1.32. The summed E-state index contributed by atoms with van der Waals surface area (Å²) >= 11 is 0. The maximum absolute atomic E-state index is 14.0. The summed E-state index contributed by atoms with van der Waals surface area (Å²) in [5.41, 5.74) is 0.674. The summed E-state index contributed by atoms with van der Waals surface area (Å²) in [6.45, 7) is 5.13. The molecule has 0 spiro atoms. The van der Waals surface area contributed by atoms with Crippen molar-refractivity contribution >= 4 is 0 Å². The molecule has 5 heteroatoms. The maximum Gasteiger partial charge on any atom is 0.135 e. The van der Waals surface area contributed by atoms with Crippen molar-refractivity contribution in [1.29, 1.82) is 0 Å². The van der Waals surface area contributed by atoms with Crippen LogP contribution in [-0.4, -0.2) is 12.2 Å². The minimum atomic E-state index is -1.42. The zero-order valence-electron chi connectivity index (χ0n) is 11.8. The molecule has 0 saturated carbocycles. The van der Waals surface area contributed by atoms with Gasteiger partial charge in [-0.3, -0.25) is 0 Å². The van der Waals surface area contributed by atoms with E-state index in [1.54, 1.807) is 20.8 Å². The van der Waals surface area contributed by atoms with Gasteiger partial charge in [0.1, 0.15) is 35.0 Å². The van der Waals surface area contributed by atoms with E-state index in [2.05, 4.69) is 0 Å². The van der Waals surface area contributed by atoms with Gasteiger partial charge in [-0.25, -0.2) is 8.78 Å². The molecule has 3 nitrogen and oxygen atoms in total. The Morgan fingerprint density at radius 1 is 1.05 bits per heavy atom. The molecule has 0 radical (unpaired) electrons. The van der Waals surface area contributed by atoms with E-state index in [-0.39, 0.29) is 5.75 Å². The fourth-order valence-corrected chi connectivity index (χ4v) is 2.30. The molecular formula is C15H16F2O3. The van der Waals surface area contributed by atoms with E-state index in [0.29, 0.717) is 22.6 Å². The van der Waals surface area contributed by atoms with Crippen molar-refractivity contribution in [3.63, 3.8) is 0 Å². The van der Waals surface area contributed by atoms with Gasteiger partial charge in [0.25, 0.3) is 0 Å². The average molecular weight is 282 g/mol. The van der Waals surface area contributed by atoms with E-state index in [0.717, 1.165) is 12.1 Å². The number of methoxy groups -OCH3 is 1. The van der Waals surface area contributed by atoms with Gasteiger partial charge >= 0.3 is 0 Å². The van der Waals surface area contributed by atoms with Crippen LogP contribution in [0.2, 0.25) is 0 Å². The van der Waals surface area contributed by atoms with Crippen molar-refractivity contribution in [2.75, 3.05) is 7.11 Å². The number of hydrogen-bond donors (Lipinski definition) is 1. The number of benzene rings is 1. The summed E-state index contributed by atoms with van der Waals surface area (Å²) in [5, 5.41) is 10.3. The third kappa shape index (κ3) is 2.29. The zero-order valence-corrected chi connectivity index (χ0v) is 11.8. The summed E-state index contributed by atoms with van der Waals surface area (Å²) in [4.78, 5) is 0. The number of halogens is 2. The monoisotopic (exact) mass is 282 g/mol. The molecule has 0 aliphatic rings. The van der Waals surface area contributed by atoms with Gasteiger partial charge in [0, 0.05) is 17.7 Å². The lowest BCUT2D eigenvalue weighted by atomic mass is 9.97. The van der Waals surface area contributed by atoms with Crippen molar-refractivity contribution in [1.82, 2.24) is 0 Å². The van der Waals surface area contributed by atoms with Gasteiger partial charge < -0.3 is 14.3 Å². The maximum atomic E-state index is 14.0. The van der Waals surface area contributed by atoms with Crippen molar-refractivity contribution in [2.24, 2.45) is 0 Å². The van der Waals surface area contributed by atoms with Crippen LogP contribution in [0.15, 0.2) is 16.5 Å². The van der Waals surface area contributed by atoms with E-state index < -0.39 is 23.3 Å². The predicted molar refractivity (Wildman–Crippen MR) is 69.9 cm³/mol. The van der Waals surface area contributed by atoms with Gasteiger partial charge in [-0.05, 0) is 26.3 Å². The Kier molecular flexibility index (Phi) is 3.81. The van der Waals surface area contributed by atoms with Crippen LogP contribution in [0.1, 0.15) is 34.3 Å². The Morgan fingerprint density at radius 3 is 2.00 bits per heavy atom. The first-order valence-electron chi connectivity index (χ1n) is 6.14. The molecule has 1 atom stereocenters. The molecule has 20 heavy (non-hydrogen) atoms. The van der Waals surface area contributed by atoms with Crippen molar-refractivity contribution in [2.45, 2.75) is 26.9 Å². The molecule has 2 rings (SSSR count). The summed E-state index contributed by atoms with van der Waals surface area (Å²) in [5.74, 6) is -0.584. The van der Waals surface area contributed by atoms with Crippen molar-refractivity contribution in [3.05, 3.63) is 52.0 Å². The quantitative estimate of drug-likeness (QED) is 0.935. The zero-order chi connectivity index (χ0) is 15.0. The molecule has 0 aliphatic carbocycles. The van der Waals surface area contributed by atoms with Crippen LogP contribution < -0.4 is 4.74 Å². The minimum Gasteiger partial charge on any atom is -0.497 e. The Balaban J connectivity index is 2.56. The van der Waals surface area contributed by atoms with Gasteiger partial charge in [-0.2, -0.15) is 0 Å². The normalized spacial score (nSPS) is 12.6. The van der Waals surface area contributed by atoms with Gasteiger partial charge in [0.05, 0.1) is 12.7 Å². The first kappa shape index (κ1) is 14.5. The van der Waals surface area contributed by atoms with Crippen molar-refractivity contribution < 1.29 is 23.0 Å². The molecule has 1 unspecified atom stereocenters. The van der Waals surface area contributed by atoms with Gasteiger partial charge in [-0.15, -0.1) is 0 Å². The van der Waals surface area contributed by atoms with Crippen LogP contribution in [0.4, 0.5) is 8.78 Å². The first-order valence-corrected chi connectivity index (χ1v) is 6.14. The number of aliphatic hydroxyl groups is 1. The number of hydrogen-bond acceptors (Lipinski definition) is 3. The topological polar surface area (TPSA) is 42.6 Å². The number of rotatable bonds is 3. The van der Waals surface area contributed by atoms with E-state index in [9.17, 15) is 13.9 Å².